The van der Waals surface area contributed by atoms with Crippen molar-refractivity contribution in [3.63, 3.8) is 0 Å². The summed E-state index contributed by atoms with van der Waals surface area (Å²) < 4.78 is 5.46. The van der Waals surface area contributed by atoms with Gasteiger partial charge in [0.15, 0.2) is 5.84 Å². The number of amidine groups is 1. The number of carbonyl (C=O) groups is 1. The summed E-state index contributed by atoms with van der Waals surface area (Å²) in [6.45, 7) is 4.69. The Morgan fingerprint density at radius 1 is 1.53 bits per heavy atom. The highest BCUT2D eigenvalue weighted by atomic mass is 16.5. The van der Waals surface area contributed by atoms with E-state index in [1.807, 2.05) is 13.8 Å². The molecule has 1 aliphatic carbocycles. The van der Waals surface area contributed by atoms with Crippen molar-refractivity contribution in [2.75, 3.05) is 6.61 Å². The predicted octanol–water partition coefficient (Wildman–Crippen LogP) is 1.22. The molecule has 1 unspecified atom stereocenters. The van der Waals surface area contributed by atoms with Crippen molar-refractivity contribution in [2.24, 2.45) is 16.8 Å². The molecule has 0 heterocycles. The number of hydrogen-bond acceptors (Lipinski definition) is 4. The number of rotatable bonds is 8. The van der Waals surface area contributed by atoms with E-state index in [1.165, 1.54) is 0 Å². The van der Waals surface area contributed by atoms with E-state index in [0.29, 0.717) is 24.9 Å². The Balaban J connectivity index is 2.30. The van der Waals surface area contributed by atoms with Crippen molar-refractivity contribution in [2.45, 2.75) is 58.1 Å². The van der Waals surface area contributed by atoms with E-state index in [4.69, 9.17) is 15.7 Å². The summed E-state index contributed by atoms with van der Waals surface area (Å²) in [6, 6.07) is -0.370. The number of oxime groups is 1. The first-order valence-corrected chi connectivity index (χ1v) is 6.99. The van der Waals surface area contributed by atoms with Crippen molar-refractivity contribution in [1.29, 1.82) is 0 Å². The second kappa shape index (κ2) is 7.99. The van der Waals surface area contributed by atoms with Gasteiger partial charge in [0, 0.05) is 13.0 Å². The van der Waals surface area contributed by atoms with Gasteiger partial charge in [-0.2, -0.15) is 0 Å². The van der Waals surface area contributed by atoms with Crippen LogP contribution in [0.4, 0.5) is 0 Å². The smallest absolute Gasteiger partial charge is 0.220 e. The van der Waals surface area contributed by atoms with Crippen LogP contribution in [0.25, 0.3) is 0 Å². The lowest BCUT2D eigenvalue weighted by molar-refractivity contribution is -0.124. The lowest BCUT2D eigenvalue weighted by atomic mass is 9.80. The van der Waals surface area contributed by atoms with Gasteiger partial charge in [-0.3, -0.25) is 4.79 Å². The molecule has 0 bridgehead atoms. The number of nitrogens with zero attached hydrogens (tertiary/aromatic N) is 1. The van der Waals surface area contributed by atoms with Crippen LogP contribution in [0, 0.1) is 5.92 Å². The molecule has 6 nitrogen and oxygen atoms in total. The van der Waals surface area contributed by atoms with Crippen molar-refractivity contribution >= 4 is 11.7 Å². The van der Waals surface area contributed by atoms with E-state index >= 15 is 0 Å². The minimum absolute atomic E-state index is 0.0370. The molecule has 1 amide bonds. The van der Waals surface area contributed by atoms with Crippen LogP contribution >= 0.6 is 0 Å². The van der Waals surface area contributed by atoms with Gasteiger partial charge in [-0.05, 0) is 32.1 Å². The Bertz CT molecular complexity index is 314. The molecule has 0 spiro atoms. The number of carbonyl (C=O) groups excluding carboxylic acids is 1. The van der Waals surface area contributed by atoms with E-state index in [-0.39, 0.29) is 17.8 Å². The summed E-state index contributed by atoms with van der Waals surface area (Å²) in [5.41, 5.74) is 5.56. The highest BCUT2D eigenvalue weighted by Gasteiger charge is 2.31. The molecular weight excluding hydrogens is 246 g/mol. The highest BCUT2D eigenvalue weighted by molar-refractivity contribution is 5.89. The van der Waals surface area contributed by atoms with Crippen molar-refractivity contribution < 1.29 is 14.7 Å². The molecule has 0 aliphatic heterocycles. The summed E-state index contributed by atoms with van der Waals surface area (Å²) in [5, 5.41) is 14.5. The molecule has 0 radical (unpaired) electrons. The third-order valence-corrected chi connectivity index (χ3v) is 3.45. The Morgan fingerprint density at radius 2 is 2.21 bits per heavy atom. The van der Waals surface area contributed by atoms with Crippen LogP contribution in [0.15, 0.2) is 5.16 Å². The maximum atomic E-state index is 11.9. The summed E-state index contributed by atoms with van der Waals surface area (Å²) in [5.74, 6) is 0.423. The van der Waals surface area contributed by atoms with Gasteiger partial charge in [0.2, 0.25) is 5.91 Å². The molecule has 0 aromatic heterocycles. The van der Waals surface area contributed by atoms with E-state index in [1.54, 1.807) is 0 Å². The molecule has 110 valence electrons. The Hall–Kier alpha value is -1.30. The fourth-order valence-corrected chi connectivity index (χ4v) is 2.38. The normalized spacial score (nSPS) is 24.6. The van der Waals surface area contributed by atoms with E-state index < -0.39 is 0 Å². The first-order chi connectivity index (χ1) is 9.10. The molecular formula is C13H25N3O3. The van der Waals surface area contributed by atoms with Gasteiger partial charge in [-0.1, -0.05) is 18.5 Å². The zero-order chi connectivity index (χ0) is 14.3. The van der Waals surface area contributed by atoms with Crippen LogP contribution in [-0.4, -0.2) is 35.7 Å². The van der Waals surface area contributed by atoms with E-state index in [9.17, 15) is 4.79 Å². The number of amides is 1. The van der Waals surface area contributed by atoms with Crippen molar-refractivity contribution in [3.8, 4) is 0 Å². The maximum Gasteiger partial charge on any atom is 0.220 e. The molecule has 1 aliphatic rings. The Morgan fingerprint density at radius 3 is 2.74 bits per heavy atom. The van der Waals surface area contributed by atoms with Crippen LogP contribution < -0.4 is 11.1 Å². The number of hydrogen-bond donors (Lipinski definition) is 3. The van der Waals surface area contributed by atoms with Crippen LogP contribution in [0.2, 0.25) is 0 Å². The second-order valence-corrected chi connectivity index (χ2v) is 5.05. The Labute approximate surface area is 114 Å². The summed E-state index contributed by atoms with van der Waals surface area (Å²) in [4.78, 5) is 11.9. The molecule has 0 saturated heterocycles. The summed E-state index contributed by atoms with van der Waals surface area (Å²) >= 11 is 0. The topological polar surface area (TPSA) is 96.9 Å². The van der Waals surface area contributed by atoms with Crippen LogP contribution in [-0.2, 0) is 9.53 Å². The average molecular weight is 271 g/mol. The number of ether oxygens (including phenoxy) is 1. The third kappa shape index (κ3) is 5.06. The van der Waals surface area contributed by atoms with Crippen molar-refractivity contribution in [3.05, 3.63) is 0 Å². The fraction of sp³-hybridized carbons (Fsp3) is 0.846. The van der Waals surface area contributed by atoms with Gasteiger partial charge in [-0.15, -0.1) is 0 Å². The number of nitrogens with one attached hydrogen (secondary N) is 1. The maximum absolute atomic E-state index is 11.9. The molecule has 0 aromatic rings. The van der Waals surface area contributed by atoms with Gasteiger partial charge >= 0.3 is 0 Å². The van der Waals surface area contributed by atoms with E-state index in [0.717, 1.165) is 25.9 Å². The molecule has 4 N–H and O–H groups in total. The molecule has 6 heteroatoms. The van der Waals surface area contributed by atoms with Crippen LogP contribution in [0.1, 0.15) is 46.0 Å². The van der Waals surface area contributed by atoms with Gasteiger partial charge in [0.25, 0.3) is 0 Å². The monoisotopic (exact) mass is 271 g/mol. The molecule has 1 saturated carbocycles. The highest BCUT2D eigenvalue weighted by Crippen LogP contribution is 2.32. The molecule has 19 heavy (non-hydrogen) atoms. The standard InChI is InChI=1S/C13H25N3O3/c1-3-5-11(13(14)16-18)15-12(17)8-9-6-10(7-9)19-4-2/h9-11,18H,3-8H2,1-2H3,(H2,14,16)(H,15,17). The van der Waals surface area contributed by atoms with Gasteiger partial charge in [-0.25, -0.2) is 0 Å². The minimum Gasteiger partial charge on any atom is -0.409 e. The lowest BCUT2D eigenvalue weighted by Crippen LogP contribution is -2.46. The average Bonchev–Trinajstić information content (AvgIpc) is 2.35. The van der Waals surface area contributed by atoms with Gasteiger partial charge in [0.1, 0.15) is 0 Å². The van der Waals surface area contributed by atoms with Gasteiger partial charge in [0.05, 0.1) is 12.1 Å². The fourth-order valence-electron chi connectivity index (χ4n) is 2.38. The quantitative estimate of drug-likeness (QED) is 0.268. The first kappa shape index (κ1) is 15.8. The predicted molar refractivity (Wildman–Crippen MR) is 73.0 cm³/mol. The minimum atomic E-state index is -0.370. The molecule has 1 atom stereocenters. The third-order valence-electron chi connectivity index (χ3n) is 3.45. The largest absolute Gasteiger partial charge is 0.409 e. The molecule has 0 aromatic carbocycles. The SMILES string of the molecule is CCCC(NC(=O)CC1CC(OCC)C1)C(N)=NO. The van der Waals surface area contributed by atoms with E-state index in [2.05, 4.69) is 10.5 Å². The lowest BCUT2D eigenvalue weighted by Gasteiger charge is -2.34. The van der Waals surface area contributed by atoms with Crippen LogP contribution in [0.3, 0.4) is 0 Å². The molecule has 1 fully saturated rings. The van der Waals surface area contributed by atoms with Crippen molar-refractivity contribution in [1.82, 2.24) is 5.32 Å². The summed E-state index contributed by atoms with van der Waals surface area (Å²) in [7, 11) is 0. The zero-order valence-electron chi connectivity index (χ0n) is 11.8. The zero-order valence-corrected chi connectivity index (χ0v) is 11.8. The molecule has 1 rings (SSSR count). The van der Waals surface area contributed by atoms with Gasteiger partial charge < -0.3 is 21.0 Å². The Kier molecular flexibility index (Phi) is 6.62. The number of nitrogens with two attached hydrogens (primary N) is 1. The summed E-state index contributed by atoms with van der Waals surface area (Å²) in [6.07, 6.45) is 4.23. The second-order valence-electron chi connectivity index (χ2n) is 5.05. The first-order valence-electron chi connectivity index (χ1n) is 6.99. The van der Waals surface area contributed by atoms with Crippen LogP contribution in [0.5, 0.6) is 0 Å².